The first-order valence-electron chi connectivity index (χ1n) is 8.93. The lowest BCUT2D eigenvalue weighted by Gasteiger charge is -2.11. The van der Waals surface area contributed by atoms with E-state index in [4.69, 9.17) is 5.39 Å². The van der Waals surface area contributed by atoms with E-state index in [0.717, 1.165) is 25.3 Å². The predicted octanol–water partition coefficient (Wildman–Crippen LogP) is 5.54. The molecule has 0 spiro atoms. The van der Waals surface area contributed by atoms with Crippen LogP contribution in [-0.4, -0.2) is 13.0 Å². The Morgan fingerprint density at radius 1 is 0.958 bits per heavy atom. The molecule has 0 aliphatic heterocycles. The first-order valence-corrected chi connectivity index (χ1v) is 10.3. The van der Waals surface area contributed by atoms with Gasteiger partial charge in [0.15, 0.2) is 4.98 Å². The van der Waals surface area contributed by atoms with E-state index in [2.05, 4.69) is 11.9 Å². The second-order valence-corrected chi connectivity index (χ2v) is 7.63. The number of unbranched alkanes of at least 4 members (excludes halogenated alkanes) is 9. The van der Waals surface area contributed by atoms with Gasteiger partial charge in [-0.05, 0) is 24.5 Å². The molecule has 0 heterocycles. The van der Waals surface area contributed by atoms with E-state index in [9.17, 15) is 13.0 Å². The molecule has 24 heavy (non-hydrogen) atoms. The van der Waals surface area contributed by atoms with E-state index < -0.39 is 10.1 Å². The summed E-state index contributed by atoms with van der Waals surface area (Å²) in [6.45, 7) is 2.22. The van der Waals surface area contributed by atoms with Crippen LogP contribution in [-0.2, 0) is 16.5 Å². The molecule has 1 aromatic carbocycles. The van der Waals surface area contributed by atoms with Crippen molar-refractivity contribution < 1.29 is 13.0 Å². The van der Waals surface area contributed by atoms with Gasteiger partial charge < -0.3 is 4.55 Å². The van der Waals surface area contributed by atoms with Crippen LogP contribution in [0.1, 0.15) is 76.7 Å². The van der Waals surface area contributed by atoms with Crippen molar-refractivity contribution in [3.63, 3.8) is 0 Å². The van der Waals surface area contributed by atoms with E-state index in [0.29, 0.717) is 12.0 Å². The summed E-state index contributed by atoms with van der Waals surface area (Å²) in [6, 6.07) is 4.21. The third-order valence-corrected chi connectivity index (χ3v) is 5.15. The highest BCUT2D eigenvalue weighted by Gasteiger charge is 2.15. The Kier molecular flexibility index (Phi) is 9.58. The van der Waals surface area contributed by atoms with Crippen LogP contribution in [0, 0.1) is 5.39 Å². The quantitative estimate of drug-likeness (QED) is 0.281. The molecule has 1 aromatic rings. The zero-order chi connectivity index (χ0) is 17.8. The van der Waals surface area contributed by atoms with Crippen LogP contribution in [0.25, 0.3) is 4.98 Å². The van der Waals surface area contributed by atoms with Crippen molar-refractivity contribution in [3.05, 3.63) is 28.7 Å². The lowest BCUT2D eigenvalue weighted by atomic mass is 10.0. The van der Waals surface area contributed by atoms with Crippen molar-refractivity contribution >= 4 is 15.8 Å². The SMILES string of the molecule is CCCCCCCCCCCCc1ccc([N+]#N)cc1S(=O)(=O)[O-]. The molecular weight excluding hydrogens is 324 g/mol. The van der Waals surface area contributed by atoms with Crippen molar-refractivity contribution in [2.24, 2.45) is 0 Å². The zero-order valence-electron chi connectivity index (χ0n) is 14.5. The van der Waals surface area contributed by atoms with E-state index in [1.54, 1.807) is 6.07 Å². The van der Waals surface area contributed by atoms with E-state index in [1.807, 2.05) is 0 Å². The van der Waals surface area contributed by atoms with Gasteiger partial charge >= 0.3 is 5.69 Å². The van der Waals surface area contributed by atoms with Crippen LogP contribution in [0.5, 0.6) is 0 Å². The molecule has 0 atom stereocenters. The van der Waals surface area contributed by atoms with Crippen LogP contribution < -0.4 is 0 Å². The van der Waals surface area contributed by atoms with E-state index in [1.165, 1.54) is 51.0 Å². The summed E-state index contributed by atoms with van der Waals surface area (Å²) in [7, 11) is -4.55. The number of aryl methyl sites for hydroxylation is 1. The molecule has 6 heteroatoms. The molecule has 0 bridgehead atoms. The van der Waals surface area contributed by atoms with Gasteiger partial charge in [0.25, 0.3) is 0 Å². The highest BCUT2D eigenvalue weighted by molar-refractivity contribution is 7.85. The lowest BCUT2D eigenvalue weighted by Crippen LogP contribution is -2.03. The van der Waals surface area contributed by atoms with Crippen LogP contribution in [0.2, 0.25) is 0 Å². The standard InChI is InChI=1S/C18H28N2O3S/c1-2-3-4-5-6-7-8-9-10-11-12-16-13-14-17(20-19)15-18(16)24(21,22)23/h13-15H,2-12H2,1H3. The molecule has 0 radical (unpaired) electrons. The fourth-order valence-corrected chi connectivity index (χ4v) is 3.60. The molecule has 0 saturated heterocycles. The second kappa shape index (κ2) is 11.2. The molecular formula is C18H28N2O3S. The van der Waals surface area contributed by atoms with Gasteiger partial charge in [0.1, 0.15) is 10.1 Å². The molecule has 1 rings (SSSR count). The van der Waals surface area contributed by atoms with Gasteiger partial charge in [-0.15, -0.1) is 0 Å². The second-order valence-electron chi connectivity index (χ2n) is 6.28. The Morgan fingerprint density at radius 3 is 2.00 bits per heavy atom. The van der Waals surface area contributed by atoms with Crippen LogP contribution in [0.4, 0.5) is 5.69 Å². The minimum atomic E-state index is -4.55. The summed E-state index contributed by atoms with van der Waals surface area (Å²) in [5.74, 6) is 0. The number of rotatable bonds is 12. The van der Waals surface area contributed by atoms with Crippen molar-refractivity contribution in [1.29, 1.82) is 5.39 Å². The minimum absolute atomic E-state index is 0.0799. The van der Waals surface area contributed by atoms with E-state index in [-0.39, 0.29) is 10.6 Å². The molecule has 0 aliphatic rings. The van der Waals surface area contributed by atoms with Crippen molar-refractivity contribution in [1.82, 2.24) is 0 Å². The Balaban J connectivity index is 2.32. The average Bonchev–Trinajstić information content (AvgIpc) is 2.55. The van der Waals surface area contributed by atoms with Gasteiger partial charge in [0.2, 0.25) is 5.39 Å². The van der Waals surface area contributed by atoms with E-state index >= 15 is 0 Å². The number of benzene rings is 1. The summed E-state index contributed by atoms with van der Waals surface area (Å²) in [5, 5.41) is 8.71. The Hall–Kier alpha value is -1.45. The molecule has 0 amide bonds. The Bertz CT molecular complexity index is 636. The molecule has 0 aliphatic carbocycles. The van der Waals surface area contributed by atoms with Crippen LogP contribution >= 0.6 is 0 Å². The fraction of sp³-hybridized carbons (Fsp3) is 0.667. The number of hydrogen-bond acceptors (Lipinski definition) is 4. The Morgan fingerprint density at radius 2 is 1.50 bits per heavy atom. The van der Waals surface area contributed by atoms with Crippen LogP contribution in [0.15, 0.2) is 23.1 Å². The van der Waals surface area contributed by atoms with Crippen molar-refractivity contribution in [2.45, 2.75) is 82.4 Å². The lowest BCUT2D eigenvalue weighted by molar-refractivity contribution is 0.461. The van der Waals surface area contributed by atoms with Crippen molar-refractivity contribution in [2.75, 3.05) is 0 Å². The minimum Gasteiger partial charge on any atom is -0.744 e. The molecule has 0 saturated carbocycles. The summed E-state index contributed by atoms with van der Waals surface area (Å²) in [5.41, 5.74) is 0.591. The highest BCUT2D eigenvalue weighted by atomic mass is 32.2. The first kappa shape index (κ1) is 20.6. The normalized spacial score (nSPS) is 11.4. The van der Waals surface area contributed by atoms with Gasteiger partial charge in [0, 0.05) is 6.07 Å². The maximum atomic E-state index is 11.3. The number of diazo groups is 1. The molecule has 0 N–H and O–H groups in total. The summed E-state index contributed by atoms with van der Waals surface area (Å²) in [6.07, 6.45) is 12.6. The molecule has 134 valence electrons. The molecule has 0 unspecified atom stereocenters. The Labute approximate surface area is 145 Å². The molecule has 5 nitrogen and oxygen atoms in total. The van der Waals surface area contributed by atoms with Gasteiger partial charge in [0.05, 0.1) is 11.0 Å². The van der Waals surface area contributed by atoms with Crippen LogP contribution in [0.3, 0.4) is 0 Å². The largest absolute Gasteiger partial charge is 0.744 e. The van der Waals surface area contributed by atoms with Gasteiger partial charge in [-0.25, -0.2) is 8.42 Å². The fourth-order valence-electron chi connectivity index (χ4n) is 2.85. The van der Waals surface area contributed by atoms with Crippen molar-refractivity contribution in [3.8, 4) is 0 Å². The summed E-state index contributed by atoms with van der Waals surface area (Å²) in [4.78, 5) is 2.67. The maximum absolute atomic E-state index is 11.3. The highest BCUT2D eigenvalue weighted by Crippen LogP contribution is 2.24. The summed E-state index contributed by atoms with van der Waals surface area (Å²) < 4.78 is 34.0. The van der Waals surface area contributed by atoms with Gasteiger partial charge in [-0.3, -0.25) is 0 Å². The third kappa shape index (κ3) is 7.89. The average molecular weight is 353 g/mol. The number of nitrogens with zero attached hydrogens (tertiary/aromatic N) is 2. The zero-order valence-corrected chi connectivity index (χ0v) is 15.4. The maximum Gasteiger partial charge on any atom is 0.386 e. The number of hydrogen-bond donors (Lipinski definition) is 0. The van der Waals surface area contributed by atoms with Gasteiger partial charge in [-0.1, -0.05) is 64.7 Å². The first-order chi connectivity index (χ1) is 11.5. The van der Waals surface area contributed by atoms with Gasteiger partial charge in [-0.2, -0.15) is 0 Å². The monoisotopic (exact) mass is 352 g/mol. The topological polar surface area (TPSA) is 85.3 Å². The predicted molar refractivity (Wildman–Crippen MR) is 94.7 cm³/mol. The molecule has 0 aromatic heterocycles. The molecule has 0 fully saturated rings. The smallest absolute Gasteiger partial charge is 0.386 e. The third-order valence-electron chi connectivity index (χ3n) is 4.24. The summed E-state index contributed by atoms with van der Waals surface area (Å²) >= 11 is 0.